The molecular formula is C28H45N5O4. The summed E-state index contributed by atoms with van der Waals surface area (Å²) in [5, 5.41) is 15.9. The molecule has 4 rings (SSSR count). The average molecular weight is 516 g/mol. The van der Waals surface area contributed by atoms with E-state index in [-0.39, 0.29) is 23.7 Å². The number of nitrogens with one attached hydrogen (secondary N) is 2. The van der Waals surface area contributed by atoms with Crippen molar-refractivity contribution in [3.05, 3.63) is 23.4 Å². The van der Waals surface area contributed by atoms with Gasteiger partial charge in [-0.2, -0.15) is 0 Å². The van der Waals surface area contributed by atoms with Crippen LogP contribution in [0.4, 0.5) is 10.6 Å². The van der Waals surface area contributed by atoms with E-state index in [0.717, 1.165) is 82.5 Å². The molecule has 0 aromatic carbocycles. The van der Waals surface area contributed by atoms with E-state index in [4.69, 9.17) is 9.72 Å². The lowest BCUT2D eigenvalue weighted by molar-refractivity contribution is -0.139. The minimum atomic E-state index is -0.983. The number of aromatic nitrogens is 1. The molecular weight excluding hydrogens is 470 g/mol. The number of hydrogen-bond donors (Lipinski definition) is 3. The quantitative estimate of drug-likeness (QED) is 0.325. The van der Waals surface area contributed by atoms with Crippen molar-refractivity contribution in [2.24, 2.45) is 0 Å². The second-order valence-electron chi connectivity index (χ2n) is 11.4. The van der Waals surface area contributed by atoms with Crippen LogP contribution in [-0.4, -0.2) is 88.4 Å². The number of aliphatic carboxylic acids is 1. The highest BCUT2D eigenvalue weighted by Crippen LogP contribution is 2.38. The van der Waals surface area contributed by atoms with Gasteiger partial charge in [0.2, 0.25) is 0 Å². The number of aryl methyl sites for hydroxylation is 2. The zero-order valence-electron chi connectivity index (χ0n) is 22.8. The van der Waals surface area contributed by atoms with Gasteiger partial charge in [-0.25, -0.2) is 14.6 Å². The lowest BCUT2D eigenvalue weighted by Gasteiger charge is -2.45. The Bertz CT molecular complexity index is 929. The van der Waals surface area contributed by atoms with Gasteiger partial charge in [-0.15, -0.1) is 0 Å². The molecule has 1 aromatic rings. The Labute approximate surface area is 221 Å². The van der Waals surface area contributed by atoms with E-state index in [0.29, 0.717) is 19.6 Å². The molecule has 2 aliphatic heterocycles. The van der Waals surface area contributed by atoms with E-state index in [1.807, 2.05) is 13.8 Å². The monoisotopic (exact) mass is 515 g/mol. The standard InChI is InChI=1S/C28H45N5O4/c1-20-19-21(2)33(20)27(36)31-24(26(34)35)11-16-32(17-18-37-28(3)12-13-28)15-5-4-8-23-10-9-22-7-6-14-29-25(22)30-23/h9-10,20-21,24H,4-8,11-19H2,1-3H3,(H,29,30)(H,31,36)(H,34,35)/t20-,21-,24+/m1/s1. The van der Waals surface area contributed by atoms with Crippen molar-refractivity contribution in [2.75, 3.05) is 38.1 Å². The molecule has 37 heavy (non-hydrogen) atoms. The van der Waals surface area contributed by atoms with Crippen LogP contribution in [0.25, 0.3) is 0 Å². The number of nitrogens with zero attached hydrogens (tertiary/aromatic N) is 3. The van der Waals surface area contributed by atoms with Gasteiger partial charge < -0.3 is 30.3 Å². The third-order valence-corrected chi connectivity index (χ3v) is 8.12. The minimum absolute atomic E-state index is 0.0278. The van der Waals surface area contributed by atoms with Crippen LogP contribution in [0.3, 0.4) is 0 Å². The summed E-state index contributed by atoms with van der Waals surface area (Å²) < 4.78 is 6.04. The minimum Gasteiger partial charge on any atom is -0.480 e. The van der Waals surface area contributed by atoms with Crippen LogP contribution in [0.2, 0.25) is 0 Å². The number of fused-ring (bicyclic) bond motifs is 1. The summed E-state index contributed by atoms with van der Waals surface area (Å²) in [4.78, 5) is 33.4. The number of amides is 2. The largest absolute Gasteiger partial charge is 0.480 e. The molecule has 3 atom stereocenters. The molecule has 9 heteroatoms. The topological polar surface area (TPSA) is 107 Å². The van der Waals surface area contributed by atoms with Gasteiger partial charge >= 0.3 is 12.0 Å². The summed E-state index contributed by atoms with van der Waals surface area (Å²) in [5.74, 6) is 0.0582. The second-order valence-corrected chi connectivity index (χ2v) is 11.4. The highest BCUT2D eigenvalue weighted by atomic mass is 16.5. The zero-order valence-corrected chi connectivity index (χ0v) is 22.8. The first-order valence-corrected chi connectivity index (χ1v) is 14.1. The fourth-order valence-corrected chi connectivity index (χ4v) is 5.44. The summed E-state index contributed by atoms with van der Waals surface area (Å²) in [7, 11) is 0. The summed E-state index contributed by atoms with van der Waals surface area (Å²) in [6.45, 7) is 9.99. The SMILES string of the molecule is C[C@@H]1C[C@@H](C)N1C(=O)N[C@@H](CCN(CCCCc1ccc2c(n1)NCCC2)CCOC1(C)CC1)C(=O)O. The molecule has 1 saturated heterocycles. The lowest BCUT2D eigenvalue weighted by Crippen LogP contribution is -2.61. The fourth-order valence-electron chi connectivity index (χ4n) is 5.44. The number of carbonyl (C=O) groups is 2. The fraction of sp³-hybridized carbons (Fsp3) is 0.750. The smallest absolute Gasteiger partial charge is 0.326 e. The van der Waals surface area contributed by atoms with Crippen molar-refractivity contribution in [1.29, 1.82) is 0 Å². The summed E-state index contributed by atoms with van der Waals surface area (Å²) in [5.41, 5.74) is 2.46. The molecule has 3 N–H and O–H groups in total. The Morgan fingerprint density at radius 3 is 2.73 bits per heavy atom. The maximum atomic E-state index is 12.6. The number of carbonyl (C=O) groups excluding carboxylic acids is 1. The van der Waals surface area contributed by atoms with Crippen LogP contribution in [0, 0.1) is 0 Å². The number of carboxylic acid groups (broad SMARTS) is 1. The molecule has 0 unspecified atom stereocenters. The van der Waals surface area contributed by atoms with Crippen molar-refractivity contribution in [3.8, 4) is 0 Å². The third-order valence-electron chi connectivity index (χ3n) is 8.12. The van der Waals surface area contributed by atoms with Gasteiger partial charge in [0, 0.05) is 37.4 Å². The molecule has 9 nitrogen and oxygen atoms in total. The molecule has 0 bridgehead atoms. The van der Waals surface area contributed by atoms with Gasteiger partial charge in [0.05, 0.1) is 12.2 Å². The van der Waals surface area contributed by atoms with Gasteiger partial charge in [0.25, 0.3) is 0 Å². The summed E-state index contributed by atoms with van der Waals surface area (Å²) >= 11 is 0. The number of carboxylic acids is 1. The molecule has 1 saturated carbocycles. The maximum absolute atomic E-state index is 12.6. The van der Waals surface area contributed by atoms with Crippen molar-refractivity contribution >= 4 is 17.8 Å². The number of pyridine rings is 1. The predicted octanol–water partition coefficient (Wildman–Crippen LogP) is 3.67. The van der Waals surface area contributed by atoms with E-state index < -0.39 is 12.0 Å². The summed E-state index contributed by atoms with van der Waals surface area (Å²) in [6.07, 6.45) is 8.74. The number of rotatable bonds is 14. The van der Waals surface area contributed by atoms with Crippen LogP contribution >= 0.6 is 0 Å². The molecule has 3 aliphatic rings. The number of anilines is 1. The number of ether oxygens (including phenoxy) is 1. The van der Waals surface area contributed by atoms with Gasteiger partial charge in [-0.05, 0) is 96.7 Å². The van der Waals surface area contributed by atoms with Gasteiger partial charge in [-0.3, -0.25) is 0 Å². The first kappa shape index (κ1) is 27.6. The predicted molar refractivity (Wildman–Crippen MR) is 144 cm³/mol. The van der Waals surface area contributed by atoms with E-state index in [1.54, 1.807) is 4.90 Å². The van der Waals surface area contributed by atoms with Gasteiger partial charge in [-0.1, -0.05) is 6.07 Å². The van der Waals surface area contributed by atoms with Gasteiger partial charge in [0.1, 0.15) is 11.9 Å². The first-order valence-electron chi connectivity index (χ1n) is 14.1. The van der Waals surface area contributed by atoms with Crippen molar-refractivity contribution in [3.63, 3.8) is 0 Å². The van der Waals surface area contributed by atoms with E-state index >= 15 is 0 Å². The van der Waals surface area contributed by atoms with Crippen molar-refractivity contribution in [2.45, 2.75) is 102 Å². The molecule has 0 radical (unpaired) electrons. The summed E-state index contributed by atoms with van der Waals surface area (Å²) in [6, 6.07) is 3.48. The molecule has 2 amide bonds. The normalized spacial score (nSPS) is 22.5. The first-order chi connectivity index (χ1) is 17.7. The second kappa shape index (κ2) is 12.4. The Kier molecular flexibility index (Phi) is 9.29. The van der Waals surface area contributed by atoms with Crippen molar-refractivity contribution < 1.29 is 19.4 Å². The van der Waals surface area contributed by atoms with Gasteiger partial charge in [0.15, 0.2) is 0 Å². The highest BCUT2D eigenvalue weighted by Gasteiger charge is 2.39. The Hall–Kier alpha value is -2.39. The zero-order chi connectivity index (χ0) is 26.4. The van der Waals surface area contributed by atoms with E-state index in [9.17, 15) is 14.7 Å². The average Bonchev–Trinajstić information content (AvgIpc) is 3.60. The lowest BCUT2D eigenvalue weighted by atomic mass is 9.96. The number of urea groups is 1. The Morgan fingerprint density at radius 1 is 1.24 bits per heavy atom. The Morgan fingerprint density at radius 2 is 2.03 bits per heavy atom. The molecule has 2 fully saturated rings. The van der Waals surface area contributed by atoms with Crippen LogP contribution in [-0.2, 0) is 22.4 Å². The molecule has 1 aliphatic carbocycles. The van der Waals surface area contributed by atoms with Crippen LogP contribution < -0.4 is 10.6 Å². The maximum Gasteiger partial charge on any atom is 0.326 e. The molecule has 0 spiro atoms. The van der Waals surface area contributed by atoms with Crippen molar-refractivity contribution in [1.82, 2.24) is 20.1 Å². The number of likely N-dealkylation sites (tertiary alicyclic amines) is 1. The van der Waals surface area contributed by atoms with E-state index in [1.165, 1.54) is 5.56 Å². The van der Waals surface area contributed by atoms with Crippen LogP contribution in [0.5, 0.6) is 0 Å². The molecule has 3 heterocycles. The highest BCUT2D eigenvalue weighted by molar-refractivity contribution is 5.83. The Balaban J connectivity index is 1.25. The van der Waals surface area contributed by atoms with Crippen LogP contribution in [0.15, 0.2) is 12.1 Å². The third kappa shape index (κ3) is 7.80. The molecule has 206 valence electrons. The number of hydrogen-bond acceptors (Lipinski definition) is 6. The van der Waals surface area contributed by atoms with E-state index in [2.05, 4.69) is 34.6 Å². The number of unbranched alkanes of at least 4 members (excludes halogenated alkanes) is 1. The molecule has 1 aromatic heterocycles. The van der Waals surface area contributed by atoms with Crippen LogP contribution in [0.1, 0.15) is 77.0 Å².